The highest BCUT2D eigenvalue weighted by molar-refractivity contribution is 8.26. The number of hydrogen-bond donors (Lipinski definition) is 1. The molecule has 2 saturated heterocycles. The van der Waals surface area contributed by atoms with E-state index in [2.05, 4.69) is 5.32 Å². The number of carbonyl (C=O) groups is 2. The molecule has 2 fully saturated rings. The summed E-state index contributed by atoms with van der Waals surface area (Å²) >= 11 is 12.6. The lowest BCUT2D eigenvalue weighted by atomic mass is 10.0. The minimum atomic E-state index is -0.221. The normalized spacial score (nSPS) is 20.3. The Labute approximate surface area is 194 Å². The SMILES string of the molecule is CN1C(=O)COCC1Cc1ccc(Oc2ccc(/C=C3\SC(=S)NC3=O)c(Cl)c2)cc1. The topological polar surface area (TPSA) is 67.9 Å². The Morgan fingerprint density at radius 2 is 2.00 bits per heavy atom. The van der Waals surface area contributed by atoms with Crippen molar-refractivity contribution in [2.45, 2.75) is 12.5 Å². The van der Waals surface area contributed by atoms with Gasteiger partial charge in [-0.05, 0) is 54.0 Å². The van der Waals surface area contributed by atoms with Gasteiger partial charge in [-0.3, -0.25) is 9.59 Å². The van der Waals surface area contributed by atoms with Crippen molar-refractivity contribution < 1.29 is 19.1 Å². The number of carbonyl (C=O) groups excluding carboxylic acids is 2. The fourth-order valence-corrected chi connectivity index (χ4v) is 4.51. The molecule has 0 radical (unpaired) electrons. The minimum Gasteiger partial charge on any atom is -0.457 e. The maximum Gasteiger partial charge on any atom is 0.263 e. The van der Waals surface area contributed by atoms with Gasteiger partial charge in [0.1, 0.15) is 22.4 Å². The lowest BCUT2D eigenvalue weighted by molar-refractivity contribution is -0.145. The number of morpholine rings is 1. The second-order valence-corrected chi connectivity index (χ2v) is 9.29. The molecule has 2 aliphatic heterocycles. The predicted octanol–water partition coefficient (Wildman–Crippen LogP) is 4.02. The van der Waals surface area contributed by atoms with Gasteiger partial charge in [0, 0.05) is 7.05 Å². The average Bonchev–Trinajstić information content (AvgIpc) is 3.06. The highest BCUT2D eigenvalue weighted by Crippen LogP contribution is 2.31. The Bertz CT molecular complexity index is 1070. The lowest BCUT2D eigenvalue weighted by Crippen LogP contribution is -2.47. The lowest BCUT2D eigenvalue weighted by Gasteiger charge is -2.32. The van der Waals surface area contributed by atoms with E-state index in [1.165, 1.54) is 11.8 Å². The summed E-state index contributed by atoms with van der Waals surface area (Å²) in [6.45, 7) is 0.686. The van der Waals surface area contributed by atoms with Crippen molar-refractivity contribution in [3.63, 3.8) is 0 Å². The van der Waals surface area contributed by atoms with Crippen LogP contribution in [-0.4, -0.2) is 47.3 Å². The zero-order valence-corrected chi connectivity index (χ0v) is 19.0. The third-order valence-corrected chi connectivity index (χ3v) is 6.50. The van der Waals surface area contributed by atoms with Crippen LogP contribution in [0.4, 0.5) is 0 Å². The Hall–Kier alpha value is -2.39. The Kier molecular flexibility index (Phi) is 6.62. The third kappa shape index (κ3) is 5.27. The van der Waals surface area contributed by atoms with Gasteiger partial charge in [-0.25, -0.2) is 0 Å². The summed E-state index contributed by atoms with van der Waals surface area (Å²) in [4.78, 5) is 25.8. The number of nitrogens with one attached hydrogen (secondary N) is 1. The molecule has 1 atom stereocenters. The fourth-order valence-electron chi connectivity index (χ4n) is 3.25. The number of hydrogen-bond acceptors (Lipinski definition) is 6. The number of halogens is 1. The first-order chi connectivity index (χ1) is 14.9. The molecule has 6 nitrogen and oxygen atoms in total. The van der Waals surface area contributed by atoms with Crippen LogP contribution in [0.15, 0.2) is 47.4 Å². The van der Waals surface area contributed by atoms with E-state index in [0.717, 1.165) is 5.56 Å². The number of amides is 2. The predicted molar refractivity (Wildman–Crippen MR) is 125 cm³/mol. The molecule has 2 aliphatic rings. The quantitative estimate of drug-likeness (QED) is 0.521. The molecular weight excluding hydrogens is 456 g/mol. The number of nitrogens with zero attached hydrogens (tertiary/aromatic N) is 1. The second kappa shape index (κ2) is 9.40. The van der Waals surface area contributed by atoms with Gasteiger partial charge in [0.2, 0.25) is 5.91 Å². The van der Waals surface area contributed by atoms with Crippen LogP contribution in [0.2, 0.25) is 5.02 Å². The van der Waals surface area contributed by atoms with E-state index >= 15 is 0 Å². The monoisotopic (exact) mass is 474 g/mol. The molecule has 1 N–H and O–H groups in total. The van der Waals surface area contributed by atoms with Crippen molar-refractivity contribution in [3.8, 4) is 11.5 Å². The van der Waals surface area contributed by atoms with Gasteiger partial charge in [-0.2, -0.15) is 0 Å². The molecule has 0 aliphatic carbocycles. The summed E-state index contributed by atoms with van der Waals surface area (Å²) in [6, 6.07) is 13.0. The summed E-state index contributed by atoms with van der Waals surface area (Å²) in [7, 11) is 1.81. The van der Waals surface area contributed by atoms with E-state index in [4.69, 9.17) is 33.3 Å². The fraction of sp³-hybridized carbons (Fsp3) is 0.227. The van der Waals surface area contributed by atoms with Crippen molar-refractivity contribution in [2.75, 3.05) is 20.3 Å². The van der Waals surface area contributed by atoms with Gasteiger partial charge < -0.3 is 19.7 Å². The summed E-state index contributed by atoms with van der Waals surface area (Å²) in [6.07, 6.45) is 2.42. The molecule has 0 bridgehead atoms. The molecule has 2 aromatic rings. The maximum atomic E-state index is 11.8. The van der Waals surface area contributed by atoms with E-state index in [1.807, 2.05) is 31.3 Å². The van der Waals surface area contributed by atoms with E-state index < -0.39 is 0 Å². The summed E-state index contributed by atoms with van der Waals surface area (Å²) < 4.78 is 11.7. The van der Waals surface area contributed by atoms with Crippen LogP contribution in [0.25, 0.3) is 6.08 Å². The molecule has 31 heavy (non-hydrogen) atoms. The van der Waals surface area contributed by atoms with Crippen molar-refractivity contribution in [1.29, 1.82) is 0 Å². The van der Waals surface area contributed by atoms with Crippen molar-refractivity contribution in [3.05, 3.63) is 63.5 Å². The van der Waals surface area contributed by atoms with Crippen LogP contribution < -0.4 is 10.1 Å². The minimum absolute atomic E-state index is 0.00189. The Morgan fingerprint density at radius 1 is 1.26 bits per heavy atom. The molecule has 2 amide bonds. The molecule has 9 heteroatoms. The zero-order valence-electron chi connectivity index (χ0n) is 16.6. The van der Waals surface area contributed by atoms with Crippen LogP contribution >= 0.6 is 35.6 Å². The van der Waals surface area contributed by atoms with Crippen molar-refractivity contribution >= 4 is 57.8 Å². The van der Waals surface area contributed by atoms with Gasteiger partial charge >= 0.3 is 0 Å². The highest BCUT2D eigenvalue weighted by Gasteiger charge is 2.25. The molecule has 0 spiro atoms. The van der Waals surface area contributed by atoms with Crippen LogP contribution in [0.5, 0.6) is 11.5 Å². The number of ether oxygens (including phenoxy) is 2. The molecule has 4 rings (SSSR count). The van der Waals surface area contributed by atoms with Gasteiger partial charge in [0.25, 0.3) is 5.91 Å². The first kappa shape index (κ1) is 21.8. The van der Waals surface area contributed by atoms with E-state index in [9.17, 15) is 9.59 Å². The Morgan fingerprint density at radius 3 is 2.68 bits per heavy atom. The van der Waals surface area contributed by atoms with Crippen molar-refractivity contribution in [1.82, 2.24) is 10.2 Å². The largest absolute Gasteiger partial charge is 0.457 e. The molecule has 0 saturated carbocycles. The molecule has 2 aromatic carbocycles. The third-order valence-electron chi connectivity index (χ3n) is 5.01. The van der Waals surface area contributed by atoms with Gasteiger partial charge in [0.05, 0.1) is 22.6 Å². The van der Waals surface area contributed by atoms with Crippen molar-refractivity contribution in [2.24, 2.45) is 0 Å². The second-order valence-electron chi connectivity index (χ2n) is 7.16. The summed E-state index contributed by atoms with van der Waals surface area (Å²) in [5.41, 5.74) is 1.80. The first-order valence-corrected chi connectivity index (χ1v) is 11.1. The highest BCUT2D eigenvalue weighted by atomic mass is 35.5. The van der Waals surface area contributed by atoms with Crippen LogP contribution in [0.3, 0.4) is 0 Å². The number of rotatable bonds is 5. The van der Waals surface area contributed by atoms with E-state index in [1.54, 1.807) is 29.2 Å². The van der Waals surface area contributed by atoms with Gasteiger partial charge in [0.15, 0.2) is 0 Å². The molecule has 2 heterocycles. The molecular formula is C22H19ClN2O4S2. The van der Waals surface area contributed by atoms with Gasteiger partial charge in [-0.1, -0.05) is 47.7 Å². The first-order valence-electron chi connectivity index (χ1n) is 9.53. The Balaban J connectivity index is 1.41. The van der Waals surface area contributed by atoms with Gasteiger partial charge in [-0.15, -0.1) is 0 Å². The number of benzene rings is 2. The molecule has 0 aromatic heterocycles. The summed E-state index contributed by atoms with van der Waals surface area (Å²) in [5, 5.41) is 3.05. The average molecular weight is 475 g/mol. The van der Waals surface area contributed by atoms with Crippen LogP contribution in [0.1, 0.15) is 11.1 Å². The number of thiocarbonyl (C=S) groups is 1. The number of likely N-dealkylation sites (N-methyl/N-ethyl adjacent to an activating group) is 1. The summed E-state index contributed by atoms with van der Waals surface area (Å²) in [5.74, 6) is 1.04. The van der Waals surface area contributed by atoms with Crippen LogP contribution in [0, 0.1) is 0 Å². The van der Waals surface area contributed by atoms with Crippen LogP contribution in [-0.2, 0) is 20.7 Å². The standard InChI is InChI=1S/C22H19ClN2O4S2/c1-25-15(11-28-12-20(25)26)8-13-2-5-16(6-3-13)29-17-7-4-14(18(23)10-17)9-19-21(27)24-22(30)31-19/h2-7,9-10,15H,8,11-12H2,1H3,(H,24,27,30)/b19-9-. The molecule has 160 valence electrons. The van der Waals surface area contributed by atoms with E-state index in [0.29, 0.717) is 44.3 Å². The zero-order chi connectivity index (χ0) is 22.0. The maximum absolute atomic E-state index is 11.8. The van der Waals surface area contributed by atoms with E-state index in [-0.39, 0.29) is 24.5 Å². The smallest absolute Gasteiger partial charge is 0.263 e. The number of thioether (sulfide) groups is 1. The molecule has 1 unspecified atom stereocenters.